The SMILES string of the molecule is COc1cccc(CNC(=O)[C@@H](NC(=O)c2ccc(C(C)(C)C)cc2)C(C)C)c1. The van der Waals surface area contributed by atoms with Crippen LogP contribution in [0.15, 0.2) is 48.5 Å². The maximum absolute atomic E-state index is 12.7. The Morgan fingerprint density at radius 3 is 2.24 bits per heavy atom. The summed E-state index contributed by atoms with van der Waals surface area (Å²) in [5.74, 6) is 0.241. The van der Waals surface area contributed by atoms with E-state index in [-0.39, 0.29) is 23.1 Å². The van der Waals surface area contributed by atoms with E-state index in [9.17, 15) is 9.59 Å². The van der Waals surface area contributed by atoms with Crippen molar-refractivity contribution in [3.05, 3.63) is 65.2 Å². The van der Waals surface area contributed by atoms with Crippen LogP contribution in [0.5, 0.6) is 5.75 Å². The van der Waals surface area contributed by atoms with Gasteiger partial charge in [0, 0.05) is 12.1 Å². The van der Waals surface area contributed by atoms with Gasteiger partial charge in [-0.05, 0) is 46.7 Å². The average molecular weight is 397 g/mol. The van der Waals surface area contributed by atoms with Gasteiger partial charge in [0.05, 0.1) is 7.11 Å². The van der Waals surface area contributed by atoms with E-state index < -0.39 is 6.04 Å². The van der Waals surface area contributed by atoms with Gasteiger partial charge in [-0.3, -0.25) is 9.59 Å². The predicted octanol–water partition coefficient (Wildman–Crippen LogP) is 4.06. The van der Waals surface area contributed by atoms with Crippen molar-refractivity contribution in [1.82, 2.24) is 10.6 Å². The second-order valence-corrected chi connectivity index (χ2v) is 8.59. The maximum Gasteiger partial charge on any atom is 0.251 e. The van der Waals surface area contributed by atoms with Crippen molar-refractivity contribution in [1.29, 1.82) is 0 Å². The van der Waals surface area contributed by atoms with E-state index >= 15 is 0 Å². The minimum Gasteiger partial charge on any atom is -0.497 e. The van der Waals surface area contributed by atoms with Crippen molar-refractivity contribution >= 4 is 11.8 Å². The number of hydrogen-bond donors (Lipinski definition) is 2. The van der Waals surface area contributed by atoms with Gasteiger partial charge in [-0.1, -0.05) is 58.9 Å². The molecule has 0 aliphatic carbocycles. The van der Waals surface area contributed by atoms with E-state index in [1.54, 1.807) is 19.2 Å². The summed E-state index contributed by atoms with van der Waals surface area (Å²) in [5.41, 5.74) is 2.66. The van der Waals surface area contributed by atoms with Gasteiger partial charge >= 0.3 is 0 Å². The Labute approximate surface area is 173 Å². The number of amides is 2. The Morgan fingerprint density at radius 2 is 1.69 bits per heavy atom. The second kappa shape index (κ2) is 9.59. The third-order valence-corrected chi connectivity index (χ3v) is 4.85. The van der Waals surface area contributed by atoms with Crippen molar-refractivity contribution in [3.63, 3.8) is 0 Å². The molecule has 2 rings (SSSR count). The van der Waals surface area contributed by atoms with E-state index in [0.29, 0.717) is 12.1 Å². The summed E-state index contributed by atoms with van der Waals surface area (Å²) >= 11 is 0. The molecular formula is C24H32N2O3. The second-order valence-electron chi connectivity index (χ2n) is 8.59. The van der Waals surface area contributed by atoms with E-state index in [4.69, 9.17) is 4.74 Å². The fourth-order valence-electron chi connectivity index (χ4n) is 2.96. The van der Waals surface area contributed by atoms with Crippen LogP contribution >= 0.6 is 0 Å². The number of nitrogens with one attached hydrogen (secondary N) is 2. The zero-order valence-corrected chi connectivity index (χ0v) is 18.2. The highest BCUT2D eigenvalue weighted by Gasteiger charge is 2.24. The molecule has 5 nitrogen and oxygen atoms in total. The first-order valence-corrected chi connectivity index (χ1v) is 9.94. The van der Waals surface area contributed by atoms with Crippen LogP contribution < -0.4 is 15.4 Å². The highest BCUT2D eigenvalue weighted by atomic mass is 16.5. The average Bonchev–Trinajstić information content (AvgIpc) is 2.69. The Balaban J connectivity index is 2.02. The standard InChI is InChI=1S/C24H32N2O3/c1-16(2)21(23(28)25-15-17-8-7-9-20(14-17)29-6)26-22(27)18-10-12-19(13-11-18)24(3,4)5/h7-14,16,21H,15H2,1-6H3,(H,25,28)(H,26,27)/t21-/m0/s1. The molecule has 0 fully saturated rings. The number of methoxy groups -OCH3 is 1. The van der Waals surface area contributed by atoms with Gasteiger partial charge in [0.2, 0.25) is 5.91 Å². The van der Waals surface area contributed by atoms with E-state index in [2.05, 4.69) is 31.4 Å². The fourth-order valence-corrected chi connectivity index (χ4v) is 2.96. The van der Waals surface area contributed by atoms with Crippen LogP contribution in [0.3, 0.4) is 0 Å². The monoisotopic (exact) mass is 396 g/mol. The molecule has 5 heteroatoms. The van der Waals surface area contributed by atoms with Crippen molar-refractivity contribution in [3.8, 4) is 5.75 Å². The Hall–Kier alpha value is -2.82. The largest absolute Gasteiger partial charge is 0.497 e. The molecule has 0 bridgehead atoms. The summed E-state index contributed by atoms with van der Waals surface area (Å²) in [6.45, 7) is 10.6. The Morgan fingerprint density at radius 1 is 1.03 bits per heavy atom. The lowest BCUT2D eigenvalue weighted by Gasteiger charge is -2.22. The summed E-state index contributed by atoms with van der Waals surface area (Å²) in [7, 11) is 1.61. The van der Waals surface area contributed by atoms with Gasteiger partial charge in [-0.25, -0.2) is 0 Å². The number of benzene rings is 2. The third kappa shape index (κ3) is 6.34. The maximum atomic E-state index is 12.7. The smallest absolute Gasteiger partial charge is 0.251 e. The topological polar surface area (TPSA) is 67.4 Å². The molecule has 0 radical (unpaired) electrons. The van der Waals surface area contributed by atoms with Crippen LogP contribution in [0.4, 0.5) is 0 Å². The van der Waals surface area contributed by atoms with Crippen LogP contribution in [0.25, 0.3) is 0 Å². The molecular weight excluding hydrogens is 364 g/mol. The van der Waals surface area contributed by atoms with E-state index in [0.717, 1.165) is 16.9 Å². The molecule has 2 aromatic rings. The lowest BCUT2D eigenvalue weighted by atomic mass is 9.86. The number of hydrogen-bond acceptors (Lipinski definition) is 3. The minimum absolute atomic E-state index is 0.0233. The molecule has 0 spiro atoms. The fraction of sp³-hybridized carbons (Fsp3) is 0.417. The zero-order valence-electron chi connectivity index (χ0n) is 18.2. The first kappa shape index (κ1) is 22.5. The molecule has 0 saturated heterocycles. The van der Waals surface area contributed by atoms with Gasteiger partial charge in [0.25, 0.3) is 5.91 Å². The number of rotatable bonds is 7. The number of carbonyl (C=O) groups is 2. The summed E-state index contributed by atoms with van der Waals surface area (Å²) in [6.07, 6.45) is 0. The van der Waals surface area contributed by atoms with Crippen LogP contribution in [-0.4, -0.2) is 25.0 Å². The van der Waals surface area contributed by atoms with Gasteiger partial charge in [-0.2, -0.15) is 0 Å². The molecule has 0 unspecified atom stereocenters. The molecule has 1 atom stereocenters. The van der Waals surface area contributed by atoms with Crippen molar-refractivity contribution < 1.29 is 14.3 Å². The van der Waals surface area contributed by atoms with Crippen LogP contribution in [0, 0.1) is 5.92 Å². The highest BCUT2D eigenvalue weighted by Crippen LogP contribution is 2.22. The van der Waals surface area contributed by atoms with Crippen molar-refractivity contribution in [2.45, 2.75) is 52.6 Å². The third-order valence-electron chi connectivity index (χ3n) is 4.85. The number of carbonyl (C=O) groups excluding carboxylic acids is 2. The normalized spacial score (nSPS) is 12.4. The summed E-state index contributed by atoms with van der Waals surface area (Å²) in [4.78, 5) is 25.4. The molecule has 2 aromatic carbocycles. The molecule has 0 aromatic heterocycles. The number of ether oxygens (including phenoxy) is 1. The molecule has 0 aliphatic heterocycles. The van der Waals surface area contributed by atoms with Gasteiger partial charge in [0.15, 0.2) is 0 Å². The molecule has 0 saturated carbocycles. The molecule has 0 heterocycles. The predicted molar refractivity (Wildman–Crippen MR) is 116 cm³/mol. The minimum atomic E-state index is -0.615. The van der Waals surface area contributed by atoms with Crippen molar-refractivity contribution in [2.75, 3.05) is 7.11 Å². The molecule has 0 aliphatic rings. The van der Waals surface area contributed by atoms with E-state index in [1.807, 2.05) is 50.2 Å². The molecule has 2 N–H and O–H groups in total. The van der Waals surface area contributed by atoms with Crippen molar-refractivity contribution in [2.24, 2.45) is 5.92 Å². The van der Waals surface area contributed by atoms with E-state index in [1.165, 1.54) is 0 Å². The molecule has 29 heavy (non-hydrogen) atoms. The lowest BCUT2D eigenvalue weighted by molar-refractivity contribution is -0.124. The van der Waals surface area contributed by atoms with Gasteiger partial charge in [-0.15, -0.1) is 0 Å². The summed E-state index contributed by atoms with van der Waals surface area (Å²) in [5, 5.41) is 5.78. The summed E-state index contributed by atoms with van der Waals surface area (Å²) < 4.78 is 5.21. The van der Waals surface area contributed by atoms with Gasteiger partial charge < -0.3 is 15.4 Å². The van der Waals surface area contributed by atoms with Crippen LogP contribution in [-0.2, 0) is 16.8 Å². The molecule has 2 amide bonds. The Kier molecular flexibility index (Phi) is 7.43. The Bertz CT molecular complexity index is 836. The van der Waals surface area contributed by atoms with Gasteiger partial charge in [0.1, 0.15) is 11.8 Å². The molecule has 156 valence electrons. The summed E-state index contributed by atoms with van der Waals surface area (Å²) in [6, 6.07) is 14.4. The first-order valence-electron chi connectivity index (χ1n) is 9.94. The van der Waals surface area contributed by atoms with Crippen LogP contribution in [0.1, 0.15) is 56.1 Å². The highest BCUT2D eigenvalue weighted by molar-refractivity contribution is 5.97. The lowest BCUT2D eigenvalue weighted by Crippen LogP contribution is -2.49. The zero-order chi connectivity index (χ0) is 21.6. The van der Waals surface area contributed by atoms with Crippen LogP contribution in [0.2, 0.25) is 0 Å². The quantitative estimate of drug-likeness (QED) is 0.741. The first-order chi connectivity index (χ1) is 13.6.